The molecule has 2 aromatic rings. The zero-order chi connectivity index (χ0) is 18.0. The number of piperidine rings is 1. The van der Waals surface area contributed by atoms with E-state index in [9.17, 15) is 24.8 Å². The second-order valence-electron chi connectivity index (χ2n) is 5.69. The highest BCUT2D eigenvalue weighted by atomic mass is 32.1. The van der Waals surface area contributed by atoms with Gasteiger partial charge in [0, 0.05) is 29.6 Å². The van der Waals surface area contributed by atoms with Gasteiger partial charge in [-0.25, -0.2) is 9.78 Å². The highest BCUT2D eigenvalue weighted by Crippen LogP contribution is 2.27. The van der Waals surface area contributed by atoms with Gasteiger partial charge in [-0.3, -0.25) is 14.9 Å². The molecule has 1 unspecified atom stereocenters. The van der Waals surface area contributed by atoms with Crippen LogP contribution in [-0.4, -0.2) is 44.4 Å². The number of amides is 1. The van der Waals surface area contributed by atoms with E-state index in [4.69, 9.17) is 0 Å². The molecule has 8 nitrogen and oxygen atoms in total. The first-order valence-electron chi connectivity index (χ1n) is 7.71. The maximum absolute atomic E-state index is 12.6. The summed E-state index contributed by atoms with van der Waals surface area (Å²) in [6, 6.07) is 5.09. The molecule has 2 heterocycles. The summed E-state index contributed by atoms with van der Waals surface area (Å²) in [7, 11) is 0. The molecule has 1 N–H and O–H groups in total. The fourth-order valence-electron chi connectivity index (χ4n) is 2.81. The zero-order valence-electron chi connectivity index (χ0n) is 13.1. The average Bonchev–Trinajstić information content (AvgIpc) is 3.11. The van der Waals surface area contributed by atoms with E-state index >= 15 is 0 Å². The third-order valence-electron chi connectivity index (χ3n) is 4.10. The van der Waals surface area contributed by atoms with Gasteiger partial charge in [0.25, 0.3) is 11.6 Å². The smallest absolute Gasteiger partial charge is 0.326 e. The van der Waals surface area contributed by atoms with E-state index in [1.165, 1.54) is 28.4 Å². The van der Waals surface area contributed by atoms with Gasteiger partial charge in [-0.1, -0.05) is 0 Å². The van der Waals surface area contributed by atoms with Crippen molar-refractivity contribution in [2.45, 2.75) is 25.3 Å². The van der Waals surface area contributed by atoms with Crippen LogP contribution in [-0.2, 0) is 4.79 Å². The number of hydrogen-bond donors (Lipinski definition) is 1. The lowest BCUT2D eigenvalue weighted by atomic mass is 10.0. The molecular weight excluding hydrogens is 346 g/mol. The van der Waals surface area contributed by atoms with Crippen LogP contribution in [0, 0.1) is 10.1 Å². The first kappa shape index (κ1) is 17.0. The van der Waals surface area contributed by atoms with Crippen LogP contribution in [0.3, 0.4) is 0 Å². The van der Waals surface area contributed by atoms with Crippen molar-refractivity contribution in [2.75, 3.05) is 6.54 Å². The van der Waals surface area contributed by atoms with Crippen molar-refractivity contribution < 1.29 is 19.6 Å². The number of aromatic nitrogens is 1. The van der Waals surface area contributed by atoms with Gasteiger partial charge in [0.2, 0.25) is 0 Å². The Morgan fingerprint density at radius 3 is 2.64 bits per heavy atom. The molecule has 25 heavy (non-hydrogen) atoms. The largest absolute Gasteiger partial charge is 0.480 e. The van der Waals surface area contributed by atoms with Crippen molar-refractivity contribution in [2.24, 2.45) is 0 Å². The number of non-ortho nitro benzene ring substituents is 1. The minimum Gasteiger partial charge on any atom is -0.480 e. The Bertz CT molecular complexity index is 817. The van der Waals surface area contributed by atoms with Gasteiger partial charge in [0.15, 0.2) is 0 Å². The molecule has 1 aromatic heterocycles. The van der Waals surface area contributed by atoms with Crippen LogP contribution in [0.25, 0.3) is 10.6 Å². The highest BCUT2D eigenvalue weighted by molar-refractivity contribution is 7.13. The number of carboxylic acid groups (broad SMARTS) is 1. The number of hydrogen-bond acceptors (Lipinski definition) is 6. The summed E-state index contributed by atoms with van der Waals surface area (Å²) in [5.41, 5.74) is 0.851. The molecule has 1 aliphatic heterocycles. The molecule has 0 aliphatic carbocycles. The van der Waals surface area contributed by atoms with Gasteiger partial charge >= 0.3 is 5.97 Å². The topological polar surface area (TPSA) is 114 Å². The minimum atomic E-state index is -1.00. The fraction of sp³-hybridized carbons (Fsp3) is 0.312. The maximum atomic E-state index is 12.6. The van der Waals surface area contributed by atoms with Crippen molar-refractivity contribution in [3.8, 4) is 10.6 Å². The predicted molar refractivity (Wildman–Crippen MR) is 90.5 cm³/mol. The van der Waals surface area contributed by atoms with Crippen LogP contribution in [0.15, 0.2) is 29.6 Å². The molecule has 0 spiro atoms. The normalized spacial score (nSPS) is 17.3. The molecule has 0 saturated carbocycles. The third kappa shape index (κ3) is 3.50. The van der Waals surface area contributed by atoms with Crippen molar-refractivity contribution >= 4 is 28.9 Å². The molecule has 1 fully saturated rings. The van der Waals surface area contributed by atoms with Crippen LogP contribution in [0.4, 0.5) is 5.69 Å². The summed E-state index contributed by atoms with van der Waals surface area (Å²) in [4.78, 5) is 39.8. The Balaban J connectivity index is 1.81. The predicted octanol–water partition coefficient (Wildman–Crippen LogP) is 2.80. The number of nitro groups is 1. The van der Waals surface area contributed by atoms with E-state index < -0.39 is 22.8 Å². The molecule has 1 atom stereocenters. The second kappa shape index (κ2) is 6.98. The quantitative estimate of drug-likeness (QED) is 0.661. The van der Waals surface area contributed by atoms with E-state index in [1.807, 2.05) is 0 Å². The SMILES string of the molecule is O=C(O)C1CCCCN1C(=O)c1csc(-c2ccc([N+](=O)[O-])cc2)n1. The molecule has 0 radical (unpaired) electrons. The van der Waals surface area contributed by atoms with Crippen LogP contribution in [0.2, 0.25) is 0 Å². The van der Waals surface area contributed by atoms with Crippen molar-refractivity contribution in [1.82, 2.24) is 9.88 Å². The van der Waals surface area contributed by atoms with Crippen molar-refractivity contribution in [3.63, 3.8) is 0 Å². The van der Waals surface area contributed by atoms with Gasteiger partial charge in [0.1, 0.15) is 16.7 Å². The lowest BCUT2D eigenvalue weighted by Gasteiger charge is -2.32. The molecule has 130 valence electrons. The van der Waals surface area contributed by atoms with Gasteiger partial charge in [-0.15, -0.1) is 11.3 Å². The monoisotopic (exact) mass is 361 g/mol. The number of thiazole rings is 1. The number of nitrogens with zero attached hydrogens (tertiary/aromatic N) is 3. The van der Waals surface area contributed by atoms with Crippen molar-refractivity contribution in [1.29, 1.82) is 0 Å². The van der Waals surface area contributed by atoms with Gasteiger partial charge in [-0.05, 0) is 31.4 Å². The maximum Gasteiger partial charge on any atom is 0.326 e. The number of carboxylic acids is 1. The average molecular weight is 361 g/mol. The minimum absolute atomic E-state index is 0.0192. The number of likely N-dealkylation sites (tertiary alicyclic amines) is 1. The summed E-state index contributed by atoms with van der Waals surface area (Å²) in [6.45, 7) is 0.403. The van der Waals surface area contributed by atoms with E-state index in [2.05, 4.69) is 4.98 Å². The summed E-state index contributed by atoms with van der Waals surface area (Å²) in [5.74, 6) is -1.39. The number of aliphatic carboxylic acids is 1. The molecule has 1 aliphatic rings. The van der Waals surface area contributed by atoms with Crippen LogP contribution in [0.5, 0.6) is 0 Å². The first-order chi connectivity index (χ1) is 12.0. The van der Waals surface area contributed by atoms with E-state index in [-0.39, 0.29) is 11.4 Å². The summed E-state index contributed by atoms with van der Waals surface area (Å²) < 4.78 is 0. The second-order valence-corrected chi connectivity index (χ2v) is 6.55. The lowest BCUT2D eigenvalue weighted by Crippen LogP contribution is -2.48. The van der Waals surface area contributed by atoms with Crippen molar-refractivity contribution in [3.05, 3.63) is 45.5 Å². The first-order valence-corrected chi connectivity index (χ1v) is 8.59. The number of carbonyl (C=O) groups is 2. The van der Waals surface area contributed by atoms with Gasteiger partial charge in [-0.2, -0.15) is 0 Å². The number of carbonyl (C=O) groups excluding carboxylic acids is 1. The number of rotatable bonds is 4. The summed E-state index contributed by atoms with van der Waals surface area (Å²) >= 11 is 1.24. The Kier molecular flexibility index (Phi) is 4.75. The third-order valence-corrected chi connectivity index (χ3v) is 4.99. The van der Waals surface area contributed by atoms with E-state index in [0.717, 1.165) is 12.8 Å². The van der Waals surface area contributed by atoms with Gasteiger partial charge < -0.3 is 10.0 Å². The molecular formula is C16H15N3O5S. The fourth-order valence-corrected chi connectivity index (χ4v) is 3.61. The Morgan fingerprint density at radius 1 is 1.28 bits per heavy atom. The van der Waals surface area contributed by atoms with Crippen LogP contribution < -0.4 is 0 Å². The van der Waals surface area contributed by atoms with Crippen LogP contribution >= 0.6 is 11.3 Å². The molecule has 9 heteroatoms. The molecule has 0 bridgehead atoms. The zero-order valence-corrected chi connectivity index (χ0v) is 13.9. The molecule has 3 rings (SSSR count). The summed E-state index contributed by atoms with van der Waals surface area (Å²) in [6.07, 6.45) is 2.00. The number of nitro benzene ring substituents is 1. The van der Waals surface area contributed by atoms with Gasteiger partial charge in [0.05, 0.1) is 4.92 Å². The highest BCUT2D eigenvalue weighted by Gasteiger charge is 2.33. The molecule has 1 saturated heterocycles. The Hall–Kier alpha value is -2.81. The van der Waals surface area contributed by atoms with E-state index in [1.54, 1.807) is 17.5 Å². The molecule has 1 aromatic carbocycles. The standard InChI is InChI=1S/C16H15N3O5S/c20-15(18-8-2-1-3-13(18)16(21)22)12-9-25-14(17-12)10-4-6-11(7-5-10)19(23)24/h4-7,9,13H,1-3,8H2,(H,21,22). The molecule has 1 amide bonds. The lowest BCUT2D eigenvalue weighted by molar-refractivity contribution is -0.384. The Morgan fingerprint density at radius 2 is 2.00 bits per heavy atom. The summed E-state index contributed by atoms with van der Waals surface area (Å²) in [5, 5.41) is 22.1. The Labute approximate surface area is 146 Å². The van der Waals surface area contributed by atoms with E-state index in [0.29, 0.717) is 23.5 Å². The van der Waals surface area contributed by atoms with Crippen LogP contribution in [0.1, 0.15) is 29.8 Å². The number of benzene rings is 1.